The first-order chi connectivity index (χ1) is 14.7. The number of phenolic OH excluding ortho intramolecular Hbond substituents is 1. The smallest absolute Gasteiger partial charge is 0.387 e. The molecule has 0 heterocycles. The molecule has 0 atom stereocenters. The minimum absolute atomic E-state index is 0.0183. The second-order valence-electron chi connectivity index (χ2n) is 6.56. The standard InChI is InChI=1S/C20H13N3O7S/c24-16-8-5-11-3-1-2-4-13(11)19(16)21-22-20-14-7-6-12(23(26)27)9-15(14)18(10-17(20)25)31(28,29)30/h1-10H,(H3-,21,22,24,25,28,29,30). The summed E-state index contributed by atoms with van der Waals surface area (Å²) in [6, 6.07) is 14.0. The summed E-state index contributed by atoms with van der Waals surface area (Å²) in [5, 5.41) is 42.9. The number of non-ortho nitro benzene ring substituents is 1. The van der Waals surface area contributed by atoms with Crippen molar-refractivity contribution in [2.75, 3.05) is 0 Å². The maximum absolute atomic E-state index is 12.3. The SMILES string of the molecule is O=[N+]([O-])c1ccc2c(N=Nc3c([O-])ccc4ccccc34)c(O)cc([S+](=O)(O)O)c2c1. The normalized spacial score (nSPS) is 12.1. The predicted octanol–water partition coefficient (Wildman–Crippen LogP) is 4.90. The van der Waals surface area contributed by atoms with Gasteiger partial charge in [-0.3, -0.25) is 10.1 Å². The number of fused-ring (bicyclic) bond motifs is 2. The Morgan fingerprint density at radius 2 is 1.58 bits per heavy atom. The van der Waals surface area contributed by atoms with Gasteiger partial charge in [0.25, 0.3) is 5.69 Å². The average molecular weight is 439 g/mol. The molecule has 0 unspecified atom stereocenters. The van der Waals surface area contributed by atoms with E-state index in [0.717, 1.165) is 23.6 Å². The van der Waals surface area contributed by atoms with E-state index >= 15 is 0 Å². The molecule has 0 saturated heterocycles. The van der Waals surface area contributed by atoms with Crippen LogP contribution < -0.4 is 5.11 Å². The van der Waals surface area contributed by atoms with Crippen LogP contribution in [0, 0.1) is 10.1 Å². The van der Waals surface area contributed by atoms with Crippen LogP contribution in [0.25, 0.3) is 21.5 Å². The number of phenols is 1. The van der Waals surface area contributed by atoms with Crippen LogP contribution in [-0.2, 0) is 14.7 Å². The van der Waals surface area contributed by atoms with Crippen LogP contribution >= 0.6 is 0 Å². The number of hydrogen-bond donors (Lipinski definition) is 3. The molecule has 3 N–H and O–H groups in total. The van der Waals surface area contributed by atoms with E-state index in [4.69, 9.17) is 0 Å². The van der Waals surface area contributed by atoms with Crippen molar-refractivity contribution in [3.05, 3.63) is 70.8 Å². The molecule has 156 valence electrons. The summed E-state index contributed by atoms with van der Waals surface area (Å²) < 4.78 is 31.1. The summed E-state index contributed by atoms with van der Waals surface area (Å²) in [5.41, 5.74) is -0.573. The lowest BCUT2D eigenvalue weighted by atomic mass is 10.1. The molecule has 0 aliphatic heterocycles. The summed E-state index contributed by atoms with van der Waals surface area (Å²) in [5.74, 6) is -1.02. The summed E-state index contributed by atoms with van der Waals surface area (Å²) in [4.78, 5) is 9.79. The lowest BCUT2D eigenvalue weighted by Crippen LogP contribution is -2.08. The Morgan fingerprint density at radius 1 is 0.871 bits per heavy atom. The fourth-order valence-corrected chi connectivity index (χ4v) is 3.95. The van der Waals surface area contributed by atoms with E-state index < -0.39 is 37.5 Å². The highest BCUT2D eigenvalue weighted by atomic mass is 32.3. The van der Waals surface area contributed by atoms with E-state index in [2.05, 4.69) is 10.2 Å². The monoisotopic (exact) mass is 439 g/mol. The zero-order chi connectivity index (χ0) is 22.3. The Labute approximate surface area is 175 Å². The van der Waals surface area contributed by atoms with Gasteiger partial charge in [-0.15, -0.1) is 5.11 Å². The van der Waals surface area contributed by atoms with Gasteiger partial charge in [0.15, 0.2) is 0 Å². The second-order valence-corrected chi connectivity index (χ2v) is 7.99. The molecule has 4 aromatic carbocycles. The average Bonchev–Trinajstić information content (AvgIpc) is 2.72. The zero-order valence-corrected chi connectivity index (χ0v) is 16.3. The van der Waals surface area contributed by atoms with Crippen LogP contribution in [0.15, 0.2) is 75.8 Å². The van der Waals surface area contributed by atoms with Crippen molar-refractivity contribution in [2.45, 2.75) is 4.90 Å². The van der Waals surface area contributed by atoms with Gasteiger partial charge in [0.1, 0.15) is 11.4 Å². The molecular weight excluding hydrogens is 426 g/mol. The topological polar surface area (TPSA) is 169 Å². The van der Waals surface area contributed by atoms with Crippen molar-refractivity contribution >= 4 is 49.1 Å². The number of aromatic hydroxyl groups is 1. The van der Waals surface area contributed by atoms with Gasteiger partial charge in [0.05, 0.1) is 16.0 Å². The van der Waals surface area contributed by atoms with E-state index in [1.807, 2.05) is 0 Å². The Morgan fingerprint density at radius 3 is 2.29 bits per heavy atom. The van der Waals surface area contributed by atoms with Crippen LogP contribution in [-0.4, -0.2) is 19.1 Å². The fraction of sp³-hybridized carbons (Fsp3) is 0. The number of nitrogens with zero attached hydrogens (tertiary/aromatic N) is 3. The van der Waals surface area contributed by atoms with Crippen molar-refractivity contribution in [1.29, 1.82) is 0 Å². The van der Waals surface area contributed by atoms with Crippen LogP contribution in [0.5, 0.6) is 11.5 Å². The number of nitro groups is 1. The molecule has 0 aliphatic carbocycles. The van der Waals surface area contributed by atoms with Gasteiger partial charge in [-0.1, -0.05) is 42.1 Å². The molecule has 4 rings (SSSR count). The summed E-state index contributed by atoms with van der Waals surface area (Å²) in [6.07, 6.45) is 0. The van der Waals surface area contributed by atoms with Crippen molar-refractivity contribution in [3.8, 4) is 11.5 Å². The molecule has 0 saturated carbocycles. The number of azo groups is 1. The Kier molecular flexibility index (Phi) is 4.85. The molecular formula is C20H13N3O7S. The maximum atomic E-state index is 12.3. The zero-order valence-electron chi connectivity index (χ0n) is 15.5. The fourth-order valence-electron chi connectivity index (χ4n) is 3.23. The quantitative estimate of drug-likeness (QED) is 0.176. The molecule has 0 amide bonds. The van der Waals surface area contributed by atoms with Gasteiger partial charge in [0, 0.05) is 29.0 Å². The van der Waals surface area contributed by atoms with Crippen LogP contribution in [0.3, 0.4) is 0 Å². The Hall–Kier alpha value is -3.93. The lowest BCUT2D eigenvalue weighted by Gasteiger charge is -2.12. The van der Waals surface area contributed by atoms with Crippen molar-refractivity contribution in [3.63, 3.8) is 0 Å². The van der Waals surface area contributed by atoms with Gasteiger partial charge in [-0.25, -0.2) is 0 Å². The highest BCUT2D eigenvalue weighted by Crippen LogP contribution is 2.43. The predicted molar refractivity (Wildman–Crippen MR) is 111 cm³/mol. The van der Waals surface area contributed by atoms with Crippen LogP contribution in [0.2, 0.25) is 0 Å². The van der Waals surface area contributed by atoms with Crippen molar-refractivity contribution in [1.82, 2.24) is 0 Å². The minimum Gasteiger partial charge on any atom is -0.871 e. The summed E-state index contributed by atoms with van der Waals surface area (Å²) >= 11 is 0. The minimum atomic E-state index is -4.57. The van der Waals surface area contributed by atoms with Gasteiger partial charge in [-0.2, -0.15) is 14.2 Å². The second kappa shape index (κ2) is 7.40. The number of nitro benzene ring substituents is 1. The molecule has 0 aromatic heterocycles. The van der Waals surface area contributed by atoms with Gasteiger partial charge in [-0.05, 0) is 15.7 Å². The Balaban J connectivity index is 1.97. The molecule has 0 fully saturated rings. The third-order valence-corrected chi connectivity index (χ3v) is 5.56. The molecule has 0 aliphatic rings. The highest BCUT2D eigenvalue weighted by molar-refractivity contribution is 7.92. The first-order valence-electron chi connectivity index (χ1n) is 8.70. The van der Waals surface area contributed by atoms with Gasteiger partial charge < -0.3 is 10.2 Å². The number of hydrogen-bond acceptors (Lipinski definition) is 7. The molecule has 4 aromatic rings. The molecule has 10 nitrogen and oxygen atoms in total. The van der Waals surface area contributed by atoms with Crippen LogP contribution in [0.1, 0.15) is 0 Å². The van der Waals surface area contributed by atoms with E-state index in [9.17, 15) is 33.6 Å². The molecule has 0 spiro atoms. The third-order valence-electron chi connectivity index (χ3n) is 4.65. The maximum Gasteiger partial charge on any atom is 0.387 e. The first kappa shape index (κ1) is 20.3. The van der Waals surface area contributed by atoms with Crippen molar-refractivity contribution < 1.29 is 28.5 Å². The largest absolute Gasteiger partial charge is 0.871 e. The number of benzene rings is 4. The van der Waals surface area contributed by atoms with Crippen LogP contribution in [0.4, 0.5) is 17.1 Å². The molecule has 11 heteroatoms. The first-order valence-corrected chi connectivity index (χ1v) is 10.2. The summed E-state index contributed by atoms with van der Waals surface area (Å²) in [6.45, 7) is 0. The van der Waals surface area contributed by atoms with Gasteiger partial charge in [0.2, 0.25) is 4.90 Å². The van der Waals surface area contributed by atoms with Crippen molar-refractivity contribution in [2.24, 2.45) is 10.2 Å². The van der Waals surface area contributed by atoms with E-state index in [1.165, 1.54) is 12.1 Å². The Bertz CT molecular complexity index is 1450. The van der Waals surface area contributed by atoms with Gasteiger partial charge >= 0.3 is 10.5 Å². The van der Waals surface area contributed by atoms with E-state index in [-0.39, 0.29) is 22.1 Å². The molecule has 0 radical (unpaired) electrons. The number of rotatable bonds is 4. The van der Waals surface area contributed by atoms with E-state index in [1.54, 1.807) is 30.3 Å². The summed E-state index contributed by atoms with van der Waals surface area (Å²) in [7, 11) is -4.57. The highest BCUT2D eigenvalue weighted by Gasteiger charge is 2.32. The molecule has 0 bridgehead atoms. The van der Waals surface area contributed by atoms with E-state index in [0.29, 0.717) is 5.39 Å². The molecule has 31 heavy (non-hydrogen) atoms. The third kappa shape index (κ3) is 3.68. The lowest BCUT2D eigenvalue weighted by molar-refractivity contribution is -0.384.